The molecule has 0 aromatic carbocycles. The van der Waals surface area contributed by atoms with Gasteiger partial charge in [-0.1, -0.05) is 13.0 Å². The van der Waals surface area contributed by atoms with E-state index in [1.165, 1.54) is 6.08 Å². The van der Waals surface area contributed by atoms with Gasteiger partial charge >= 0.3 is 5.97 Å². The smallest absolute Gasteiger partial charge is 0.328 e. The molecule has 1 saturated heterocycles. The number of carboxylic acids is 1. The standard InChI is InChI=1S/C10H17NO3/c1-2-9-8-11(6-7-14-9)5-3-4-10(12)13/h3-4,9H,2,5-8H2,1H3,(H,12,13). The predicted octanol–water partition coefficient (Wildman–Crippen LogP) is 0.738. The summed E-state index contributed by atoms with van der Waals surface area (Å²) in [5, 5.41) is 8.41. The third-order valence-electron chi connectivity index (χ3n) is 2.30. The van der Waals surface area contributed by atoms with Gasteiger partial charge in [-0.3, -0.25) is 4.90 Å². The molecule has 0 amide bonds. The summed E-state index contributed by atoms with van der Waals surface area (Å²) in [7, 11) is 0. The van der Waals surface area contributed by atoms with E-state index in [0.717, 1.165) is 26.1 Å². The van der Waals surface area contributed by atoms with E-state index >= 15 is 0 Å². The molecule has 80 valence electrons. The van der Waals surface area contributed by atoms with Gasteiger partial charge < -0.3 is 9.84 Å². The van der Waals surface area contributed by atoms with Crippen LogP contribution in [-0.2, 0) is 9.53 Å². The second kappa shape index (κ2) is 5.78. The van der Waals surface area contributed by atoms with Crippen LogP contribution in [0.25, 0.3) is 0 Å². The lowest BCUT2D eigenvalue weighted by atomic mass is 10.2. The van der Waals surface area contributed by atoms with Crippen LogP contribution in [-0.4, -0.2) is 48.3 Å². The number of morpholine rings is 1. The quantitative estimate of drug-likeness (QED) is 0.678. The van der Waals surface area contributed by atoms with Gasteiger partial charge in [-0.05, 0) is 6.42 Å². The van der Waals surface area contributed by atoms with Crippen molar-refractivity contribution in [3.8, 4) is 0 Å². The van der Waals surface area contributed by atoms with E-state index in [1.807, 2.05) is 0 Å². The molecule has 0 bridgehead atoms. The Balaban J connectivity index is 2.27. The monoisotopic (exact) mass is 199 g/mol. The minimum absolute atomic E-state index is 0.307. The fourth-order valence-electron chi connectivity index (χ4n) is 1.50. The highest BCUT2D eigenvalue weighted by Gasteiger charge is 2.17. The topological polar surface area (TPSA) is 49.8 Å². The van der Waals surface area contributed by atoms with Crippen molar-refractivity contribution in [1.82, 2.24) is 4.90 Å². The summed E-state index contributed by atoms with van der Waals surface area (Å²) >= 11 is 0. The molecule has 1 unspecified atom stereocenters. The Labute approximate surface area is 84.2 Å². The molecule has 0 saturated carbocycles. The van der Waals surface area contributed by atoms with Gasteiger partial charge in [-0.15, -0.1) is 0 Å². The highest BCUT2D eigenvalue weighted by Crippen LogP contribution is 2.07. The van der Waals surface area contributed by atoms with Gasteiger partial charge in [0.05, 0.1) is 12.7 Å². The van der Waals surface area contributed by atoms with Crippen molar-refractivity contribution >= 4 is 5.97 Å². The molecular formula is C10H17NO3. The summed E-state index contributed by atoms with van der Waals surface area (Å²) in [6, 6.07) is 0. The Morgan fingerprint density at radius 3 is 3.14 bits per heavy atom. The minimum Gasteiger partial charge on any atom is -0.478 e. The largest absolute Gasteiger partial charge is 0.478 e. The second-order valence-electron chi connectivity index (χ2n) is 3.40. The molecule has 1 heterocycles. The lowest BCUT2D eigenvalue weighted by molar-refractivity contribution is -0.131. The molecule has 1 atom stereocenters. The van der Waals surface area contributed by atoms with Gasteiger partial charge in [0.15, 0.2) is 0 Å². The number of hydrogen-bond acceptors (Lipinski definition) is 3. The van der Waals surface area contributed by atoms with Crippen LogP contribution in [0.4, 0.5) is 0 Å². The van der Waals surface area contributed by atoms with Crippen molar-refractivity contribution in [1.29, 1.82) is 0 Å². The van der Waals surface area contributed by atoms with Crippen LogP contribution in [0.1, 0.15) is 13.3 Å². The highest BCUT2D eigenvalue weighted by atomic mass is 16.5. The Hall–Kier alpha value is -0.870. The number of ether oxygens (including phenoxy) is 1. The first-order valence-corrected chi connectivity index (χ1v) is 4.95. The molecule has 4 nitrogen and oxygen atoms in total. The number of aliphatic carboxylic acids is 1. The van der Waals surface area contributed by atoms with Crippen molar-refractivity contribution in [2.45, 2.75) is 19.4 Å². The van der Waals surface area contributed by atoms with Gasteiger partial charge in [0.25, 0.3) is 0 Å². The van der Waals surface area contributed by atoms with E-state index in [-0.39, 0.29) is 0 Å². The SMILES string of the molecule is CCC1CN(CC=CC(=O)O)CCO1. The van der Waals surface area contributed by atoms with Crippen molar-refractivity contribution in [2.24, 2.45) is 0 Å². The maximum atomic E-state index is 10.2. The summed E-state index contributed by atoms with van der Waals surface area (Å²) in [6.45, 7) is 5.34. The number of hydrogen-bond donors (Lipinski definition) is 1. The maximum absolute atomic E-state index is 10.2. The van der Waals surface area contributed by atoms with E-state index in [0.29, 0.717) is 12.6 Å². The van der Waals surface area contributed by atoms with Gasteiger partial charge in [0.1, 0.15) is 0 Å². The second-order valence-corrected chi connectivity index (χ2v) is 3.40. The Morgan fingerprint density at radius 2 is 2.50 bits per heavy atom. The summed E-state index contributed by atoms with van der Waals surface area (Å²) < 4.78 is 5.50. The van der Waals surface area contributed by atoms with Crippen molar-refractivity contribution in [3.05, 3.63) is 12.2 Å². The first kappa shape index (κ1) is 11.2. The van der Waals surface area contributed by atoms with Crippen molar-refractivity contribution < 1.29 is 14.6 Å². The zero-order valence-electron chi connectivity index (χ0n) is 8.48. The van der Waals surface area contributed by atoms with E-state index < -0.39 is 5.97 Å². The van der Waals surface area contributed by atoms with Gasteiger partial charge in [0, 0.05) is 25.7 Å². The number of carbonyl (C=O) groups is 1. The molecule has 1 aliphatic heterocycles. The molecule has 1 N–H and O–H groups in total. The van der Waals surface area contributed by atoms with Crippen LogP contribution in [0.5, 0.6) is 0 Å². The molecule has 1 fully saturated rings. The molecule has 4 heteroatoms. The van der Waals surface area contributed by atoms with Crippen molar-refractivity contribution in [3.63, 3.8) is 0 Å². The summed E-state index contributed by atoms with van der Waals surface area (Å²) in [5.74, 6) is -0.884. The number of nitrogens with zero attached hydrogens (tertiary/aromatic N) is 1. The van der Waals surface area contributed by atoms with Crippen molar-refractivity contribution in [2.75, 3.05) is 26.2 Å². The fraction of sp³-hybridized carbons (Fsp3) is 0.700. The molecule has 14 heavy (non-hydrogen) atoms. The fourth-order valence-corrected chi connectivity index (χ4v) is 1.50. The normalized spacial score (nSPS) is 24.2. The predicted molar refractivity (Wildman–Crippen MR) is 53.2 cm³/mol. The molecule has 0 aromatic rings. The van der Waals surface area contributed by atoms with Crippen LogP contribution >= 0.6 is 0 Å². The molecular weight excluding hydrogens is 182 g/mol. The van der Waals surface area contributed by atoms with E-state index in [4.69, 9.17) is 9.84 Å². The lowest BCUT2D eigenvalue weighted by Gasteiger charge is -2.31. The van der Waals surface area contributed by atoms with Crippen LogP contribution in [0.3, 0.4) is 0 Å². The lowest BCUT2D eigenvalue weighted by Crippen LogP contribution is -2.42. The number of carboxylic acid groups (broad SMARTS) is 1. The Bertz CT molecular complexity index is 215. The van der Waals surface area contributed by atoms with Crippen LogP contribution in [0, 0.1) is 0 Å². The zero-order chi connectivity index (χ0) is 10.4. The molecule has 0 spiro atoms. The zero-order valence-corrected chi connectivity index (χ0v) is 8.48. The highest BCUT2D eigenvalue weighted by molar-refractivity contribution is 5.79. The first-order valence-electron chi connectivity index (χ1n) is 4.95. The number of rotatable bonds is 4. The van der Waals surface area contributed by atoms with Gasteiger partial charge in [0.2, 0.25) is 0 Å². The first-order chi connectivity index (χ1) is 6.72. The summed E-state index contributed by atoms with van der Waals surface area (Å²) in [6.07, 6.45) is 4.19. The minimum atomic E-state index is -0.884. The molecule has 0 radical (unpaired) electrons. The molecule has 1 rings (SSSR count). The molecule has 1 aliphatic rings. The average Bonchev–Trinajstić information content (AvgIpc) is 2.18. The van der Waals surface area contributed by atoms with Crippen LogP contribution < -0.4 is 0 Å². The van der Waals surface area contributed by atoms with E-state index in [9.17, 15) is 4.79 Å². The molecule has 0 aliphatic carbocycles. The van der Waals surface area contributed by atoms with Crippen LogP contribution in [0.2, 0.25) is 0 Å². The third kappa shape index (κ3) is 3.89. The Kier molecular flexibility index (Phi) is 4.62. The molecule has 0 aromatic heterocycles. The summed E-state index contributed by atoms with van der Waals surface area (Å²) in [5.41, 5.74) is 0. The van der Waals surface area contributed by atoms with Crippen LogP contribution in [0.15, 0.2) is 12.2 Å². The maximum Gasteiger partial charge on any atom is 0.328 e. The summed E-state index contributed by atoms with van der Waals surface area (Å²) in [4.78, 5) is 12.4. The van der Waals surface area contributed by atoms with E-state index in [2.05, 4.69) is 11.8 Å². The van der Waals surface area contributed by atoms with Gasteiger partial charge in [-0.2, -0.15) is 0 Å². The third-order valence-corrected chi connectivity index (χ3v) is 2.30. The van der Waals surface area contributed by atoms with Gasteiger partial charge in [-0.25, -0.2) is 4.79 Å². The Morgan fingerprint density at radius 1 is 1.71 bits per heavy atom. The van der Waals surface area contributed by atoms with E-state index in [1.54, 1.807) is 6.08 Å². The average molecular weight is 199 g/mol.